The van der Waals surface area contributed by atoms with Gasteiger partial charge in [0, 0.05) is 31.9 Å². The van der Waals surface area contributed by atoms with Crippen LogP contribution in [0.15, 0.2) is 24.3 Å². The molecule has 0 saturated carbocycles. The summed E-state index contributed by atoms with van der Waals surface area (Å²) in [5.74, 6) is 0.337. The first-order valence-corrected chi connectivity index (χ1v) is 7.24. The number of hydrogen-bond acceptors (Lipinski definition) is 3. The molecule has 0 N–H and O–H groups in total. The number of anilines is 1. The highest BCUT2D eigenvalue weighted by atomic mass is 19.1. The van der Waals surface area contributed by atoms with Crippen LogP contribution in [0.25, 0.3) is 0 Å². The lowest BCUT2D eigenvalue weighted by molar-refractivity contribution is 0.200. The largest absolute Gasteiger partial charge is 0.369 e. The van der Waals surface area contributed by atoms with Gasteiger partial charge in [0.05, 0.1) is 12.1 Å². The normalized spacial score (nSPS) is 18.1. The summed E-state index contributed by atoms with van der Waals surface area (Å²) in [6.07, 6.45) is 0.924. The standard InChI is InChI=1S/C16H22FN3/c1-13(2)11-16(12-18)20-9-7-19(8-10-20)15-5-3-14(17)4-6-15/h3-6,13,16H,7-11H2,1-2H3. The Bertz CT molecular complexity index is 456. The molecule has 1 aromatic carbocycles. The molecule has 0 bridgehead atoms. The van der Waals surface area contributed by atoms with Gasteiger partial charge in [-0.3, -0.25) is 4.90 Å². The zero-order valence-electron chi connectivity index (χ0n) is 12.2. The molecule has 20 heavy (non-hydrogen) atoms. The van der Waals surface area contributed by atoms with E-state index < -0.39 is 0 Å². The molecule has 0 spiro atoms. The van der Waals surface area contributed by atoms with Gasteiger partial charge in [-0.15, -0.1) is 0 Å². The van der Waals surface area contributed by atoms with Crippen molar-refractivity contribution < 1.29 is 4.39 Å². The summed E-state index contributed by atoms with van der Waals surface area (Å²) in [5, 5.41) is 9.29. The maximum absolute atomic E-state index is 12.9. The fraction of sp³-hybridized carbons (Fsp3) is 0.562. The predicted molar refractivity (Wildman–Crippen MR) is 79.0 cm³/mol. The number of rotatable bonds is 4. The molecular weight excluding hydrogens is 253 g/mol. The molecule has 1 aromatic rings. The van der Waals surface area contributed by atoms with Crippen molar-refractivity contribution in [2.75, 3.05) is 31.1 Å². The van der Waals surface area contributed by atoms with E-state index in [1.807, 2.05) is 12.1 Å². The molecule has 1 unspecified atom stereocenters. The average molecular weight is 275 g/mol. The third kappa shape index (κ3) is 3.71. The van der Waals surface area contributed by atoms with Crippen LogP contribution in [-0.2, 0) is 0 Å². The first kappa shape index (κ1) is 14.8. The Hall–Kier alpha value is -1.60. The van der Waals surface area contributed by atoms with Crippen molar-refractivity contribution in [2.24, 2.45) is 5.92 Å². The number of benzene rings is 1. The van der Waals surface area contributed by atoms with Crippen LogP contribution in [-0.4, -0.2) is 37.1 Å². The highest BCUT2D eigenvalue weighted by molar-refractivity contribution is 5.46. The summed E-state index contributed by atoms with van der Waals surface area (Å²) in [6.45, 7) is 7.87. The van der Waals surface area contributed by atoms with Gasteiger partial charge in [-0.1, -0.05) is 13.8 Å². The van der Waals surface area contributed by atoms with Crippen molar-refractivity contribution in [1.29, 1.82) is 5.26 Å². The highest BCUT2D eigenvalue weighted by Gasteiger charge is 2.24. The Balaban J connectivity index is 1.92. The molecule has 2 rings (SSSR count). The number of halogens is 1. The highest BCUT2D eigenvalue weighted by Crippen LogP contribution is 2.19. The third-order valence-electron chi connectivity index (χ3n) is 3.79. The number of hydrogen-bond donors (Lipinski definition) is 0. The van der Waals surface area contributed by atoms with Crippen LogP contribution in [0.3, 0.4) is 0 Å². The molecule has 1 heterocycles. The van der Waals surface area contributed by atoms with Crippen LogP contribution in [0.1, 0.15) is 20.3 Å². The lowest BCUT2D eigenvalue weighted by Gasteiger charge is -2.38. The van der Waals surface area contributed by atoms with Crippen LogP contribution in [0, 0.1) is 23.1 Å². The van der Waals surface area contributed by atoms with E-state index >= 15 is 0 Å². The molecule has 4 heteroatoms. The number of nitriles is 1. The average Bonchev–Trinajstić information content (AvgIpc) is 2.46. The Morgan fingerprint density at radius 2 is 1.75 bits per heavy atom. The van der Waals surface area contributed by atoms with Gasteiger partial charge in [-0.25, -0.2) is 4.39 Å². The summed E-state index contributed by atoms with van der Waals surface area (Å²) in [5.41, 5.74) is 1.06. The summed E-state index contributed by atoms with van der Waals surface area (Å²) in [4.78, 5) is 4.51. The van der Waals surface area contributed by atoms with Crippen molar-refractivity contribution in [1.82, 2.24) is 4.90 Å². The van der Waals surface area contributed by atoms with Crippen LogP contribution in [0.5, 0.6) is 0 Å². The fourth-order valence-electron chi connectivity index (χ4n) is 2.67. The molecule has 1 aliphatic rings. The maximum atomic E-state index is 12.9. The molecule has 1 atom stereocenters. The minimum atomic E-state index is -0.200. The second-order valence-electron chi connectivity index (χ2n) is 5.77. The first-order valence-electron chi connectivity index (χ1n) is 7.24. The summed E-state index contributed by atoms with van der Waals surface area (Å²) in [7, 11) is 0. The lowest BCUT2D eigenvalue weighted by Crippen LogP contribution is -2.50. The minimum absolute atomic E-state index is 0.0189. The Labute approximate surface area is 120 Å². The summed E-state index contributed by atoms with van der Waals surface area (Å²) in [6, 6.07) is 9.08. The van der Waals surface area contributed by atoms with E-state index in [0.29, 0.717) is 5.92 Å². The smallest absolute Gasteiger partial charge is 0.123 e. The fourth-order valence-corrected chi connectivity index (χ4v) is 2.67. The second-order valence-corrected chi connectivity index (χ2v) is 5.77. The van der Waals surface area contributed by atoms with Gasteiger partial charge >= 0.3 is 0 Å². The molecule has 3 nitrogen and oxygen atoms in total. The molecular formula is C16H22FN3. The summed E-state index contributed by atoms with van der Waals surface area (Å²) >= 11 is 0. The number of nitrogens with zero attached hydrogens (tertiary/aromatic N) is 3. The number of piperazine rings is 1. The van der Waals surface area contributed by atoms with Crippen molar-refractivity contribution in [2.45, 2.75) is 26.3 Å². The molecule has 0 amide bonds. The van der Waals surface area contributed by atoms with Crippen molar-refractivity contribution in [3.63, 3.8) is 0 Å². The topological polar surface area (TPSA) is 30.3 Å². The Morgan fingerprint density at radius 1 is 1.15 bits per heavy atom. The van der Waals surface area contributed by atoms with Crippen molar-refractivity contribution in [3.05, 3.63) is 30.1 Å². The third-order valence-corrected chi connectivity index (χ3v) is 3.79. The van der Waals surface area contributed by atoms with E-state index in [1.165, 1.54) is 12.1 Å². The summed E-state index contributed by atoms with van der Waals surface area (Å²) < 4.78 is 12.9. The van der Waals surface area contributed by atoms with Crippen LogP contribution in [0.2, 0.25) is 0 Å². The molecule has 1 saturated heterocycles. The van der Waals surface area contributed by atoms with Crippen LogP contribution in [0.4, 0.5) is 10.1 Å². The minimum Gasteiger partial charge on any atom is -0.369 e. The van der Waals surface area contributed by atoms with Gasteiger partial charge in [-0.05, 0) is 36.6 Å². The molecule has 1 aliphatic heterocycles. The predicted octanol–water partition coefficient (Wildman–Crippen LogP) is 2.89. The van der Waals surface area contributed by atoms with Gasteiger partial charge in [0.1, 0.15) is 5.82 Å². The molecule has 0 aromatic heterocycles. The van der Waals surface area contributed by atoms with E-state index in [4.69, 9.17) is 0 Å². The van der Waals surface area contributed by atoms with E-state index in [2.05, 4.69) is 29.7 Å². The molecule has 1 fully saturated rings. The molecule has 108 valence electrons. The monoisotopic (exact) mass is 275 g/mol. The zero-order chi connectivity index (χ0) is 14.5. The van der Waals surface area contributed by atoms with Crippen LogP contribution < -0.4 is 4.90 Å². The maximum Gasteiger partial charge on any atom is 0.123 e. The molecule has 0 radical (unpaired) electrons. The van der Waals surface area contributed by atoms with Gasteiger partial charge in [0.2, 0.25) is 0 Å². The van der Waals surface area contributed by atoms with E-state index in [0.717, 1.165) is 38.3 Å². The Kier molecular flexibility index (Phi) is 4.97. The lowest BCUT2D eigenvalue weighted by atomic mass is 10.0. The van der Waals surface area contributed by atoms with E-state index in [-0.39, 0.29) is 11.9 Å². The first-order chi connectivity index (χ1) is 9.60. The SMILES string of the molecule is CC(C)CC(C#N)N1CCN(c2ccc(F)cc2)CC1. The van der Waals surface area contributed by atoms with Crippen molar-refractivity contribution in [3.8, 4) is 6.07 Å². The van der Waals surface area contributed by atoms with Crippen LogP contribution >= 0.6 is 0 Å². The van der Waals surface area contributed by atoms with Gasteiger partial charge in [-0.2, -0.15) is 5.26 Å². The van der Waals surface area contributed by atoms with E-state index in [1.54, 1.807) is 0 Å². The van der Waals surface area contributed by atoms with E-state index in [9.17, 15) is 9.65 Å². The quantitative estimate of drug-likeness (QED) is 0.846. The second kappa shape index (κ2) is 6.71. The zero-order valence-corrected chi connectivity index (χ0v) is 12.2. The Morgan fingerprint density at radius 3 is 2.25 bits per heavy atom. The van der Waals surface area contributed by atoms with Gasteiger partial charge < -0.3 is 4.90 Å². The van der Waals surface area contributed by atoms with Gasteiger partial charge in [0.15, 0.2) is 0 Å². The van der Waals surface area contributed by atoms with Crippen molar-refractivity contribution >= 4 is 5.69 Å². The molecule has 0 aliphatic carbocycles. The van der Waals surface area contributed by atoms with Gasteiger partial charge in [0.25, 0.3) is 0 Å².